The van der Waals surface area contributed by atoms with E-state index in [9.17, 15) is 9.59 Å². The molecule has 0 unspecified atom stereocenters. The molecule has 0 aliphatic heterocycles. The van der Waals surface area contributed by atoms with Crippen molar-refractivity contribution in [1.29, 1.82) is 0 Å². The summed E-state index contributed by atoms with van der Waals surface area (Å²) in [6.45, 7) is 3.95. The molecule has 0 bridgehead atoms. The van der Waals surface area contributed by atoms with Gasteiger partial charge < -0.3 is 9.84 Å². The number of rotatable bonds is 12. The van der Waals surface area contributed by atoms with Crippen LogP contribution in [0.4, 0.5) is 0 Å². The van der Waals surface area contributed by atoms with Crippen molar-refractivity contribution in [3.8, 4) is 0 Å². The lowest BCUT2D eigenvalue weighted by molar-refractivity contribution is -0.144. The number of unbranched alkanes of at least 4 members (excludes halogenated alkanes) is 7. The molecule has 0 heterocycles. The smallest absolute Gasteiger partial charge is 0.311 e. The molecule has 0 fully saturated rings. The summed E-state index contributed by atoms with van der Waals surface area (Å²) in [6, 6.07) is 0. The average Bonchev–Trinajstić information content (AvgIpc) is 2.39. The fraction of sp³-hybridized carbons (Fsp3) is 0.750. The molecule has 0 saturated heterocycles. The number of carboxylic acid groups (broad SMARTS) is 1. The fourth-order valence-electron chi connectivity index (χ4n) is 1.89. The van der Waals surface area contributed by atoms with Crippen molar-refractivity contribution in [2.75, 3.05) is 0 Å². The maximum atomic E-state index is 11.3. The molecule has 0 aromatic carbocycles. The van der Waals surface area contributed by atoms with Gasteiger partial charge in [-0.15, -0.1) is 0 Å². The van der Waals surface area contributed by atoms with Gasteiger partial charge in [0.15, 0.2) is 0 Å². The fourth-order valence-corrected chi connectivity index (χ4v) is 1.89. The standard InChI is InChI=1S/C16H28O4/c1-3-4-5-6-7-8-9-10-11-14(2)20-16(19)13-12-15(17)18/h11H,3-10,12-13H2,1-2H3,(H,17,18). The second kappa shape index (κ2) is 12.7. The monoisotopic (exact) mass is 284 g/mol. The lowest BCUT2D eigenvalue weighted by atomic mass is 10.1. The molecule has 0 atom stereocenters. The van der Waals surface area contributed by atoms with E-state index >= 15 is 0 Å². The van der Waals surface area contributed by atoms with Gasteiger partial charge in [-0.3, -0.25) is 9.59 Å². The van der Waals surface area contributed by atoms with E-state index in [1.165, 1.54) is 38.5 Å². The van der Waals surface area contributed by atoms with Crippen molar-refractivity contribution >= 4 is 11.9 Å². The first-order valence-corrected chi connectivity index (χ1v) is 7.65. The highest BCUT2D eigenvalue weighted by Crippen LogP contribution is 2.10. The normalized spacial score (nSPS) is 11.4. The predicted octanol–water partition coefficient (Wildman–Crippen LogP) is 4.44. The highest BCUT2D eigenvalue weighted by molar-refractivity contribution is 5.77. The SMILES string of the molecule is CCCCCCCCCC=C(C)OC(=O)CCC(=O)O. The van der Waals surface area contributed by atoms with E-state index in [2.05, 4.69) is 6.92 Å². The molecular weight excluding hydrogens is 256 g/mol. The zero-order valence-electron chi connectivity index (χ0n) is 12.8. The highest BCUT2D eigenvalue weighted by Gasteiger charge is 2.07. The van der Waals surface area contributed by atoms with Crippen LogP contribution in [0.3, 0.4) is 0 Å². The summed E-state index contributed by atoms with van der Waals surface area (Å²) >= 11 is 0. The minimum Gasteiger partial charge on any atom is -0.481 e. The third-order valence-electron chi connectivity index (χ3n) is 3.06. The van der Waals surface area contributed by atoms with Crippen molar-refractivity contribution in [2.45, 2.75) is 78.1 Å². The number of carbonyl (C=O) groups excluding carboxylic acids is 1. The highest BCUT2D eigenvalue weighted by atomic mass is 16.5. The summed E-state index contributed by atoms with van der Waals surface area (Å²) in [5.41, 5.74) is 0. The third-order valence-corrected chi connectivity index (χ3v) is 3.06. The van der Waals surface area contributed by atoms with Gasteiger partial charge in [0.1, 0.15) is 5.76 Å². The molecule has 116 valence electrons. The van der Waals surface area contributed by atoms with Crippen LogP contribution in [0.15, 0.2) is 11.8 Å². The van der Waals surface area contributed by atoms with Crippen LogP contribution >= 0.6 is 0 Å². The Morgan fingerprint density at radius 3 is 2.20 bits per heavy atom. The topological polar surface area (TPSA) is 63.6 Å². The largest absolute Gasteiger partial charge is 0.481 e. The zero-order valence-corrected chi connectivity index (χ0v) is 12.8. The van der Waals surface area contributed by atoms with Gasteiger partial charge in [-0.1, -0.05) is 45.4 Å². The molecule has 1 N–H and O–H groups in total. The van der Waals surface area contributed by atoms with Crippen LogP contribution in [0.2, 0.25) is 0 Å². The van der Waals surface area contributed by atoms with E-state index in [0.29, 0.717) is 5.76 Å². The Morgan fingerprint density at radius 1 is 1.00 bits per heavy atom. The first-order valence-electron chi connectivity index (χ1n) is 7.65. The molecule has 0 aliphatic rings. The van der Waals surface area contributed by atoms with Crippen molar-refractivity contribution in [1.82, 2.24) is 0 Å². The Morgan fingerprint density at radius 2 is 1.60 bits per heavy atom. The van der Waals surface area contributed by atoms with Crippen LogP contribution in [-0.2, 0) is 14.3 Å². The summed E-state index contributed by atoms with van der Waals surface area (Å²) in [7, 11) is 0. The third kappa shape index (κ3) is 13.1. The summed E-state index contributed by atoms with van der Waals surface area (Å²) in [4.78, 5) is 21.6. The number of ether oxygens (including phenoxy) is 1. The van der Waals surface area contributed by atoms with Gasteiger partial charge in [-0.25, -0.2) is 0 Å². The molecule has 0 saturated carbocycles. The number of hydrogen-bond acceptors (Lipinski definition) is 3. The zero-order chi connectivity index (χ0) is 15.2. The minimum absolute atomic E-state index is 0.0715. The van der Waals surface area contributed by atoms with E-state index in [1.807, 2.05) is 6.08 Å². The van der Waals surface area contributed by atoms with Crippen molar-refractivity contribution in [3.05, 3.63) is 11.8 Å². The Hall–Kier alpha value is -1.32. The molecule has 0 aromatic heterocycles. The van der Waals surface area contributed by atoms with Crippen molar-refractivity contribution < 1.29 is 19.4 Å². The molecule has 0 aliphatic carbocycles. The Balaban J connectivity index is 3.55. The van der Waals surface area contributed by atoms with Crippen LogP contribution < -0.4 is 0 Å². The average molecular weight is 284 g/mol. The Kier molecular flexibility index (Phi) is 11.9. The number of aliphatic carboxylic acids is 1. The predicted molar refractivity (Wildman–Crippen MR) is 79.3 cm³/mol. The van der Waals surface area contributed by atoms with Gasteiger partial charge in [-0.05, 0) is 25.8 Å². The van der Waals surface area contributed by atoms with Crippen LogP contribution in [-0.4, -0.2) is 17.0 Å². The van der Waals surface area contributed by atoms with E-state index in [0.717, 1.165) is 12.8 Å². The van der Waals surface area contributed by atoms with Gasteiger partial charge in [0.2, 0.25) is 0 Å². The number of carbonyl (C=O) groups is 2. The summed E-state index contributed by atoms with van der Waals surface area (Å²) in [5, 5.41) is 8.45. The maximum Gasteiger partial charge on any atom is 0.311 e. The number of esters is 1. The van der Waals surface area contributed by atoms with Crippen molar-refractivity contribution in [2.24, 2.45) is 0 Å². The molecule has 0 spiro atoms. The second-order valence-corrected chi connectivity index (χ2v) is 5.09. The van der Waals surface area contributed by atoms with Crippen LogP contribution in [0.1, 0.15) is 78.1 Å². The van der Waals surface area contributed by atoms with E-state index in [-0.39, 0.29) is 12.8 Å². The maximum absolute atomic E-state index is 11.3. The van der Waals surface area contributed by atoms with E-state index in [4.69, 9.17) is 9.84 Å². The molecular formula is C16H28O4. The Bertz CT molecular complexity index is 308. The van der Waals surface area contributed by atoms with Crippen LogP contribution in [0.5, 0.6) is 0 Å². The lowest BCUT2D eigenvalue weighted by Crippen LogP contribution is -2.06. The number of allylic oxidation sites excluding steroid dienone is 2. The number of carboxylic acids is 1. The molecule has 0 amide bonds. The first kappa shape index (κ1) is 18.7. The summed E-state index contributed by atoms with van der Waals surface area (Å²) in [5.74, 6) is -0.876. The Labute approximate surface area is 122 Å². The molecule has 0 aromatic rings. The molecule has 0 radical (unpaired) electrons. The quantitative estimate of drug-likeness (QED) is 0.327. The summed E-state index contributed by atoms with van der Waals surface area (Å²) < 4.78 is 5.02. The van der Waals surface area contributed by atoms with Gasteiger partial charge in [0, 0.05) is 0 Å². The van der Waals surface area contributed by atoms with E-state index in [1.54, 1.807) is 6.92 Å². The molecule has 4 nitrogen and oxygen atoms in total. The summed E-state index contributed by atoms with van der Waals surface area (Å²) in [6.07, 6.45) is 11.4. The number of hydrogen-bond donors (Lipinski definition) is 1. The molecule has 4 heteroatoms. The van der Waals surface area contributed by atoms with E-state index < -0.39 is 11.9 Å². The minimum atomic E-state index is -0.980. The van der Waals surface area contributed by atoms with Crippen LogP contribution in [0, 0.1) is 0 Å². The van der Waals surface area contributed by atoms with Gasteiger partial charge >= 0.3 is 11.9 Å². The second-order valence-electron chi connectivity index (χ2n) is 5.09. The first-order chi connectivity index (χ1) is 9.56. The van der Waals surface area contributed by atoms with Crippen molar-refractivity contribution in [3.63, 3.8) is 0 Å². The van der Waals surface area contributed by atoms with Crippen LogP contribution in [0.25, 0.3) is 0 Å². The molecule has 0 rings (SSSR count). The van der Waals surface area contributed by atoms with Gasteiger partial charge in [0.05, 0.1) is 12.8 Å². The lowest BCUT2D eigenvalue weighted by Gasteiger charge is -2.03. The molecule has 20 heavy (non-hydrogen) atoms. The van der Waals surface area contributed by atoms with Gasteiger partial charge in [-0.2, -0.15) is 0 Å². The van der Waals surface area contributed by atoms with Gasteiger partial charge in [0.25, 0.3) is 0 Å².